The molecule has 4 N–H and O–H groups in total. The SMILES string of the molecule is CC(=O)N(CCOC(=O)Nc1nnc(-c2ccccc2)o1)NCc1ccccc1Cl.CN(CCOC(=O)Nc1ccn(-c2ccccc2)n1)C(=O)NCc1ccccc1Cl. The number of para-hydroxylation sites is 1. The topological polar surface area (TPSA) is 198 Å². The largest absolute Gasteiger partial charge is 0.447 e. The smallest absolute Gasteiger partial charge is 0.415 e. The van der Waals surface area contributed by atoms with Crippen LogP contribution in [0.5, 0.6) is 0 Å². The molecule has 0 aliphatic heterocycles. The molecule has 60 heavy (non-hydrogen) atoms. The Hall–Kier alpha value is -6.95. The van der Waals surface area contributed by atoms with Crippen molar-refractivity contribution in [2.45, 2.75) is 20.0 Å². The van der Waals surface area contributed by atoms with Crippen molar-refractivity contribution < 1.29 is 33.1 Å². The normalized spacial score (nSPS) is 10.4. The second-order valence-electron chi connectivity index (χ2n) is 12.5. The Bertz CT molecular complexity index is 2310. The van der Waals surface area contributed by atoms with Gasteiger partial charge < -0.3 is 24.1 Å². The van der Waals surface area contributed by atoms with Gasteiger partial charge in [0.1, 0.15) is 13.2 Å². The van der Waals surface area contributed by atoms with Crippen molar-refractivity contribution in [1.82, 2.24) is 40.6 Å². The summed E-state index contributed by atoms with van der Waals surface area (Å²) in [5, 5.41) is 22.1. The van der Waals surface area contributed by atoms with Crippen LogP contribution in [-0.2, 0) is 27.4 Å². The van der Waals surface area contributed by atoms with Gasteiger partial charge in [-0.25, -0.2) is 29.8 Å². The lowest BCUT2D eigenvalue weighted by Crippen LogP contribution is -2.43. The number of amides is 5. The highest BCUT2D eigenvalue weighted by Crippen LogP contribution is 2.19. The molecule has 6 aromatic rings. The number of halogens is 2. The Kier molecular flexibility index (Phi) is 16.8. The number of ether oxygens (including phenoxy) is 2. The highest BCUT2D eigenvalue weighted by Gasteiger charge is 2.15. The third kappa shape index (κ3) is 14.2. The van der Waals surface area contributed by atoms with Crippen LogP contribution in [0, 0.1) is 0 Å². The summed E-state index contributed by atoms with van der Waals surface area (Å²) < 4.78 is 17.2. The minimum Gasteiger partial charge on any atom is -0.447 e. The molecule has 0 atom stereocenters. The molecule has 0 aliphatic carbocycles. The van der Waals surface area contributed by atoms with Gasteiger partial charge in [0.15, 0.2) is 5.82 Å². The average Bonchev–Trinajstić information content (AvgIpc) is 3.93. The first-order valence-corrected chi connectivity index (χ1v) is 19.2. The summed E-state index contributed by atoms with van der Waals surface area (Å²) >= 11 is 12.2. The van der Waals surface area contributed by atoms with Crippen LogP contribution in [0.3, 0.4) is 0 Å². The second kappa shape index (κ2) is 22.8. The molecule has 0 saturated carbocycles. The van der Waals surface area contributed by atoms with Crippen molar-refractivity contribution in [2.24, 2.45) is 0 Å². The molecule has 0 spiro atoms. The Balaban J connectivity index is 0.000000228. The fourth-order valence-corrected chi connectivity index (χ4v) is 5.48. The van der Waals surface area contributed by atoms with E-state index < -0.39 is 12.2 Å². The number of hydrazine groups is 1. The molecule has 0 fully saturated rings. The molecular weight excluding hydrogens is 815 g/mol. The quantitative estimate of drug-likeness (QED) is 0.0751. The van der Waals surface area contributed by atoms with Crippen molar-refractivity contribution >= 4 is 59.2 Å². The predicted molar refractivity (Wildman–Crippen MR) is 225 cm³/mol. The molecule has 17 nitrogen and oxygen atoms in total. The molecular formula is C41H42Cl2N10O7. The van der Waals surface area contributed by atoms with Crippen molar-refractivity contribution in [3.05, 3.63) is 143 Å². The number of hydrogen-bond donors (Lipinski definition) is 4. The number of carbonyl (C=O) groups excluding carboxylic acids is 4. The fraction of sp³-hybridized carbons (Fsp3) is 0.195. The minimum absolute atomic E-state index is 0.0411. The van der Waals surface area contributed by atoms with E-state index in [4.69, 9.17) is 37.1 Å². The van der Waals surface area contributed by atoms with Crippen LogP contribution in [0.4, 0.5) is 26.2 Å². The molecule has 6 rings (SSSR count). The van der Waals surface area contributed by atoms with Crippen LogP contribution in [-0.4, -0.2) is 87.4 Å². The number of hydrogen-bond acceptors (Lipinski definition) is 11. The van der Waals surface area contributed by atoms with E-state index in [1.165, 1.54) is 16.8 Å². The fourth-order valence-electron chi connectivity index (χ4n) is 5.07. The molecule has 0 radical (unpaired) electrons. The number of likely N-dealkylation sites (N-methyl/N-ethyl adjacent to an activating group) is 1. The van der Waals surface area contributed by atoms with E-state index in [-0.39, 0.29) is 50.1 Å². The Morgan fingerprint density at radius 3 is 1.95 bits per heavy atom. The van der Waals surface area contributed by atoms with Gasteiger partial charge >= 0.3 is 24.2 Å². The van der Waals surface area contributed by atoms with Crippen molar-refractivity contribution in [2.75, 3.05) is 44.0 Å². The Morgan fingerprint density at radius 1 is 0.717 bits per heavy atom. The molecule has 4 aromatic carbocycles. The first-order chi connectivity index (χ1) is 29.0. The van der Waals surface area contributed by atoms with E-state index in [2.05, 4.69) is 36.7 Å². The lowest BCUT2D eigenvalue weighted by atomic mass is 10.2. The van der Waals surface area contributed by atoms with Crippen molar-refractivity contribution in [3.8, 4) is 17.1 Å². The first kappa shape index (κ1) is 44.2. The maximum Gasteiger partial charge on any atom is 0.415 e. The zero-order chi connectivity index (χ0) is 42.7. The summed E-state index contributed by atoms with van der Waals surface area (Å²) in [6.07, 6.45) is 0.327. The molecule has 312 valence electrons. The van der Waals surface area contributed by atoms with Crippen LogP contribution >= 0.6 is 23.2 Å². The molecule has 0 unspecified atom stereocenters. The van der Waals surface area contributed by atoms with Gasteiger partial charge in [0.2, 0.25) is 11.8 Å². The summed E-state index contributed by atoms with van der Waals surface area (Å²) in [4.78, 5) is 49.2. The van der Waals surface area contributed by atoms with Gasteiger partial charge in [-0.1, -0.05) is 101 Å². The number of nitrogens with one attached hydrogen (secondary N) is 4. The number of aromatic nitrogens is 4. The first-order valence-electron chi connectivity index (χ1n) is 18.4. The third-order valence-electron chi connectivity index (χ3n) is 8.24. The highest BCUT2D eigenvalue weighted by molar-refractivity contribution is 6.31. The summed E-state index contributed by atoms with van der Waals surface area (Å²) in [5.41, 5.74) is 6.24. The van der Waals surface area contributed by atoms with Gasteiger partial charge in [-0.15, -0.1) is 10.2 Å². The number of urea groups is 1. The summed E-state index contributed by atoms with van der Waals surface area (Å²) in [5.74, 6) is 0.419. The maximum absolute atomic E-state index is 12.1. The summed E-state index contributed by atoms with van der Waals surface area (Å²) in [7, 11) is 1.62. The zero-order valence-electron chi connectivity index (χ0n) is 32.6. The second-order valence-corrected chi connectivity index (χ2v) is 13.4. The van der Waals surface area contributed by atoms with E-state index in [1.807, 2.05) is 97.1 Å². The van der Waals surface area contributed by atoms with Gasteiger partial charge in [0.25, 0.3) is 0 Å². The molecule has 2 heterocycles. The molecule has 0 aliphatic rings. The maximum atomic E-state index is 12.1. The monoisotopic (exact) mass is 856 g/mol. The predicted octanol–water partition coefficient (Wildman–Crippen LogP) is 7.41. The van der Waals surface area contributed by atoms with E-state index in [0.29, 0.717) is 29.0 Å². The van der Waals surface area contributed by atoms with E-state index in [1.54, 1.807) is 36.1 Å². The summed E-state index contributed by atoms with van der Waals surface area (Å²) in [6.45, 7) is 2.46. The van der Waals surface area contributed by atoms with Crippen molar-refractivity contribution in [3.63, 3.8) is 0 Å². The molecule has 0 saturated heterocycles. The molecule has 0 bridgehead atoms. The van der Waals surface area contributed by atoms with E-state index >= 15 is 0 Å². The summed E-state index contributed by atoms with van der Waals surface area (Å²) in [6, 6.07) is 34.6. The highest BCUT2D eigenvalue weighted by atomic mass is 35.5. The number of nitrogens with zero attached hydrogens (tertiary/aromatic N) is 6. The van der Waals surface area contributed by atoms with Gasteiger partial charge in [-0.3, -0.25) is 15.1 Å². The average molecular weight is 858 g/mol. The number of carbonyl (C=O) groups is 4. The van der Waals surface area contributed by atoms with Gasteiger partial charge in [0.05, 0.1) is 18.8 Å². The van der Waals surface area contributed by atoms with Gasteiger partial charge in [-0.2, -0.15) is 0 Å². The van der Waals surface area contributed by atoms with Gasteiger partial charge in [-0.05, 0) is 47.5 Å². The molecule has 5 amide bonds. The van der Waals surface area contributed by atoms with E-state index in [0.717, 1.165) is 22.4 Å². The Labute approximate surface area is 355 Å². The lowest BCUT2D eigenvalue weighted by Gasteiger charge is -2.22. The van der Waals surface area contributed by atoms with Crippen LogP contribution < -0.4 is 21.4 Å². The van der Waals surface area contributed by atoms with Crippen LogP contribution in [0.1, 0.15) is 18.1 Å². The van der Waals surface area contributed by atoms with Crippen LogP contribution in [0.2, 0.25) is 10.0 Å². The Morgan fingerprint density at radius 2 is 1.30 bits per heavy atom. The number of benzene rings is 4. The van der Waals surface area contributed by atoms with Crippen LogP contribution in [0.25, 0.3) is 17.1 Å². The molecule has 19 heteroatoms. The number of anilines is 2. The van der Waals surface area contributed by atoms with Gasteiger partial charge in [0, 0.05) is 54.9 Å². The number of rotatable bonds is 15. The standard InChI is InChI=1S/C21H22ClN5O3.C20H20ClN5O4/c1-26(20(28)23-15-16-7-5-6-10-18(16)22)13-14-30-21(29)24-19-11-12-27(25-19)17-8-3-2-4-9-17;1-14(27)26(22-13-16-9-5-6-10-17(16)21)11-12-29-20(28)23-19-25-24-18(30-19)15-7-3-2-4-8-15/h2-12H,13-15H2,1H3,(H,23,28)(H,24,25,29);2-10,22H,11-13H2,1H3,(H,23,25,28). The third-order valence-corrected chi connectivity index (χ3v) is 8.97. The molecule has 2 aromatic heterocycles. The zero-order valence-corrected chi connectivity index (χ0v) is 34.1. The van der Waals surface area contributed by atoms with Crippen molar-refractivity contribution in [1.29, 1.82) is 0 Å². The van der Waals surface area contributed by atoms with E-state index in [9.17, 15) is 19.2 Å². The van der Waals surface area contributed by atoms with Crippen LogP contribution in [0.15, 0.2) is 126 Å². The minimum atomic E-state index is -0.770. The lowest BCUT2D eigenvalue weighted by molar-refractivity contribution is -0.132.